The van der Waals surface area contributed by atoms with Gasteiger partial charge in [-0.2, -0.15) is 0 Å². The standard InChI is InChI=1S/C25H35N3O4S/c1-7-22(24(30)26-25(3,4)5)27(17-20-13-11-12-19(2)16-20)23(29)18-28(33(6,31)32)21-14-9-8-10-15-21/h8-16,22H,7,17-18H2,1-6H3,(H,26,30)/t22-/m1/s1. The average molecular weight is 474 g/mol. The Kier molecular flexibility index (Phi) is 8.66. The van der Waals surface area contributed by atoms with Crippen molar-refractivity contribution in [2.24, 2.45) is 0 Å². The topological polar surface area (TPSA) is 86.8 Å². The van der Waals surface area contributed by atoms with Crippen molar-refractivity contribution in [3.63, 3.8) is 0 Å². The van der Waals surface area contributed by atoms with Gasteiger partial charge in [0, 0.05) is 12.1 Å². The number of anilines is 1. The lowest BCUT2D eigenvalue weighted by atomic mass is 10.0. The second-order valence-electron chi connectivity index (χ2n) is 9.28. The number of para-hydroxylation sites is 1. The van der Waals surface area contributed by atoms with Gasteiger partial charge in [0.05, 0.1) is 11.9 Å². The number of rotatable bonds is 9. The molecule has 0 bridgehead atoms. The fourth-order valence-electron chi connectivity index (χ4n) is 3.59. The molecule has 0 unspecified atom stereocenters. The number of carbonyl (C=O) groups is 2. The number of nitrogens with zero attached hydrogens (tertiary/aromatic N) is 2. The Hall–Kier alpha value is -2.87. The van der Waals surface area contributed by atoms with Crippen molar-refractivity contribution >= 4 is 27.5 Å². The van der Waals surface area contributed by atoms with Crippen LogP contribution >= 0.6 is 0 Å². The summed E-state index contributed by atoms with van der Waals surface area (Å²) in [7, 11) is -3.72. The predicted molar refractivity (Wildman–Crippen MR) is 132 cm³/mol. The van der Waals surface area contributed by atoms with Crippen LogP contribution in [-0.4, -0.2) is 49.5 Å². The normalized spacial score (nSPS) is 12.7. The molecule has 1 atom stereocenters. The molecule has 0 aliphatic carbocycles. The van der Waals surface area contributed by atoms with E-state index in [9.17, 15) is 18.0 Å². The third-order valence-corrected chi connectivity index (χ3v) is 6.18. The molecular formula is C25H35N3O4S. The molecule has 0 radical (unpaired) electrons. The number of amides is 2. The first-order valence-electron chi connectivity index (χ1n) is 11.0. The van der Waals surface area contributed by atoms with Gasteiger partial charge in [-0.15, -0.1) is 0 Å². The Labute approximate surface area is 197 Å². The highest BCUT2D eigenvalue weighted by atomic mass is 32.2. The van der Waals surface area contributed by atoms with Crippen molar-refractivity contribution in [1.29, 1.82) is 0 Å². The first-order chi connectivity index (χ1) is 15.3. The third kappa shape index (κ3) is 7.89. The number of benzene rings is 2. The van der Waals surface area contributed by atoms with Gasteiger partial charge in [-0.3, -0.25) is 13.9 Å². The smallest absolute Gasteiger partial charge is 0.244 e. The van der Waals surface area contributed by atoms with Crippen LogP contribution in [0.15, 0.2) is 54.6 Å². The molecular weight excluding hydrogens is 438 g/mol. The number of aryl methyl sites for hydroxylation is 1. The molecule has 0 fully saturated rings. The SMILES string of the molecule is CC[C@H](C(=O)NC(C)(C)C)N(Cc1cccc(C)c1)C(=O)CN(c1ccccc1)S(C)(=O)=O. The van der Waals surface area contributed by atoms with Crippen LogP contribution in [0.4, 0.5) is 5.69 Å². The summed E-state index contributed by atoms with van der Waals surface area (Å²) >= 11 is 0. The molecule has 0 aliphatic heterocycles. The van der Waals surface area contributed by atoms with E-state index in [-0.39, 0.29) is 12.5 Å². The maximum absolute atomic E-state index is 13.6. The van der Waals surface area contributed by atoms with E-state index in [2.05, 4.69) is 5.32 Å². The first-order valence-corrected chi connectivity index (χ1v) is 12.9. The molecule has 33 heavy (non-hydrogen) atoms. The zero-order valence-corrected chi connectivity index (χ0v) is 21.1. The quantitative estimate of drug-likeness (QED) is 0.604. The Morgan fingerprint density at radius 2 is 1.67 bits per heavy atom. The summed E-state index contributed by atoms with van der Waals surface area (Å²) in [6.07, 6.45) is 1.46. The van der Waals surface area contributed by atoms with Crippen LogP contribution in [0.1, 0.15) is 45.2 Å². The highest BCUT2D eigenvalue weighted by Crippen LogP contribution is 2.20. The molecule has 2 aromatic rings. The summed E-state index contributed by atoms with van der Waals surface area (Å²) in [6.45, 7) is 9.24. The van der Waals surface area contributed by atoms with Crippen LogP contribution in [0.25, 0.3) is 0 Å². The second-order valence-corrected chi connectivity index (χ2v) is 11.2. The van der Waals surface area contributed by atoms with Crippen LogP contribution in [-0.2, 0) is 26.2 Å². The van der Waals surface area contributed by atoms with Crippen molar-refractivity contribution in [3.8, 4) is 0 Å². The molecule has 180 valence electrons. The molecule has 2 amide bonds. The molecule has 0 aromatic heterocycles. The third-order valence-electron chi connectivity index (χ3n) is 5.04. The molecule has 7 nitrogen and oxygen atoms in total. The summed E-state index contributed by atoms with van der Waals surface area (Å²) in [4.78, 5) is 28.2. The Morgan fingerprint density at radius 3 is 2.18 bits per heavy atom. The van der Waals surface area contributed by atoms with Crippen molar-refractivity contribution in [3.05, 3.63) is 65.7 Å². The highest BCUT2D eigenvalue weighted by molar-refractivity contribution is 7.92. The van der Waals surface area contributed by atoms with Gasteiger partial charge < -0.3 is 10.2 Å². The molecule has 2 rings (SSSR count). The summed E-state index contributed by atoms with van der Waals surface area (Å²) in [5.74, 6) is -0.710. The van der Waals surface area contributed by atoms with Crippen LogP contribution in [0.2, 0.25) is 0 Å². The average Bonchev–Trinajstić information content (AvgIpc) is 2.70. The van der Waals surface area contributed by atoms with E-state index in [0.717, 1.165) is 21.7 Å². The van der Waals surface area contributed by atoms with E-state index in [0.29, 0.717) is 12.1 Å². The van der Waals surface area contributed by atoms with Gasteiger partial charge in [-0.25, -0.2) is 8.42 Å². The lowest BCUT2D eigenvalue weighted by Crippen LogP contribution is -2.55. The van der Waals surface area contributed by atoms with Gasteiger partial charge in [-0.05, 0) is 51.8 Å². The minimum Gasteiger partial charge on any atom is -0.350 e. The number of hydrogen-bond donors (Lipinski definition) is 1. The number of carbonyl (C=O) groups excluding carboxylic acids is 2. The molecule has 0 spiro atoms. The van der Waals surface area contributed by atoms with E-state index in [1.807, 2.05) is 58.9 Å². The van der Waals surface area contributed by atoms with Crippen LogP contribution in [0.5, 0.6) is 0 Å². The minimum absolute atomic E-state index is 0.197. The van der Waals surface area contributed by atoms with Gasteiger partial charge in [0.1, 0.15) is 12.6 Å². The van der Waals surface area contributed by atoms with Gasteiger partial charge in [0.15, 0.2) is 0 Å². The molecule has 2 aromatic carbocycles. The Morgan fingerprint density at radius 1 is 1.03 bits per heavy atom. The molecule has 0 aliphatic rings. The minimum atomic E-state index is -3.72. The lowest BCUT2D eigenvalue weighted by Gasteiger charge is -2.34. The number of sulfonamides is 1. The Bertz CT molecular complexity index is 1060. The van der Waals surface area contributed by atoms with E-state index >= 15 is 0 Å². The lowest BCUT2D eigenvalue weighted by molar-refractivity contribution is -0.141. The second kappa shape index (κ2) is 10.8. The van der Waals surface area contributed by atoms with E-state index in [1.54, 1.807) is 30.3 Å². The van der Waals surface area contributed by atoms with Gasteiger partial charge in [0.2, 0.25) is 21.8 Å². The largest absolute Gasteiger partial charge is 0.350 e. The number of hydrogen-bond acceptors (Lipinski definition) is 4. The van der Waals surface area contributed by atoms with Gasteiger partial charge in [0.25, 0.3) is 0 Å². The van der Waals surface area contributed by atoms with Crippen molar-refractivity contribution in [1.82, 2.24) is 10.2 Å². The predicted octanol–water partition coefficient (Wildman–Crippen LogP) is 3.48. The number of nitrogens with one attached hydrogen (secondary N) is 1. The van der Waals surface area contributed by atoms with Crippen molar-refractivity contribution in [2.45, 2.75) is 59.2 Å². The Balaban J connectivity index is 2.43. The molecule has 0 heterocycles. The van der Waals surface area contributed by atoms with Gasteiger partial charge >= 0.3 is 0 Å². The fraction of sp³-hybridized carbons (Fsp3) is 0.440. The van der Waals surface area contributed by atoms with Crippen molar-refractivity contribution in [2.75, 3.05) is 17.1 Å². The maximum atomic E-state index is 13.6. The fourth-order valence-corrected chi connectivity index (χ4v) is 4.44. The van der Waals surface area contributed by atoms with Gasteiger partial charge in [-0.1, -0.05) is 55.0 Å². The van der Waals surface area contributed by atoms with Crippen LogP contribution in [0, 0.1) is 6.92 Å². The molecule has 1 N–H and O–H groups in total. The highest BCUT2D eigenvalue weighted by Gasteiger charge is 2.33. The van der Waals surface area contributed by atoms with E-state index < -0.39 is 34.1 Å². The summed E-state index contributed by atoms with van der Waals surface area (Å²) in [5.41, 5.74) is 1.84. The summed E-state index contributed by atoms with van der Waals surface area (Å²) in [5, 5.41) is 2.95. The monoisotopic (exact) mass is 473 g/mol. The molecule has 0 saturated carbocycles. The molecule has 0 saturated heterocycles. The summed E-state index contributed by atoms with van der Waals surface area (Å²) < 4.78 is 26.1. The first kappa shape index (κ1) is 26.4. The van der Waals surface area contributed by atoms with E-state index in [1.165, 1.54) is 4.90 Å². The van der Waals surface area contributed by atoms with E-state index in [4.69, 9.17) is 0 Å². The summed E-state index contributed by atoms with van der Waals surface area (Å²) in [6, 6.07) is 15.5. The maximum Gasteiger partial charge on any atom is 0.244 e. The van der Waals surface area contributed by atoms with Crippen molar-refractivity contribution < 1.29 is 18.0 Å². The van der Waals surface area contributed by atoms with Crippen LogP contribution < -0.4 is 9.62 Å². The molecule has 8 heteroatoms. The van der Waals surface area contributed by atoms with Crippen LogP contribution in [0.3, 0.4) is 0 Å². The zero-order valence-electron chi connectivity index (χ0n) is 20.3. The zero-order chi connectivity index (χ0) is 24.8.